The molecule has 164 valence electrons. The van der Waals surface area contributed by atoms with E-state index >= 15 is 0 Å². The van der Waals surface area contributed by atoms with Gasteiger partial charge in [-0.05, 0) is 50.7 Å². The number of thioether (sulfide) groups is 1. The monoisotopic (exact) mass is 437 g/mol. The van der Waals surface area contributed by atoms with E-state index in [2.05, 4.69) is 65.4 Å². The van der Waals surface area contributed by atoms with Crippen molar-refractivity contribution in [3.8, 4) is 0 Å². The van der Waals surface area contributed by atoms with Crippen molar-refractivity contribution >= 4 is 23.4 Å². The largest absolute Gasteiger partial charge is 0.352 e. The molecule has 2 unspecified atom stereocenters. The molecule has 1 aliphatic carbocycles. The van der Waals surface area contributed by atoms with E-state index in [9.17, 15) is 4.79 Å². The molecule has 1 N–H and O–H groups in total. The predicted molar refractivity (Wildman–Crippen MR) is 125 cm³/mol. The molecule has 1 fully saturated rings. The molecule has 4 rings (SSSR count). The fourth-order valence-electron chi connectivity index (χ4n) is 4.33. The summed E-state index contributed by atoms with van der Waals surface area (Å²) in [6.07, 6.45) is 5.56. The highest BCUT2D eigenvalue weighted by Crippen LogP contribution is 2.24. The molecule has 0 saturated heterocycles. The van der Waals surface area contributed by atoms with Gasteiger partial charge >= 0.3 is 0 Å². The van der Waals surface area contributed by atoms with Crippen molar-refractivity contribution in [1.29, 1.82) is 0 Å². The standard InChI is InChI=1S/C24H31N5OS/c1-15-9-11-19(12-10-15)13-20-17(3)25-23-27-24(28-29(23)18(20)4)31-14-22(30)26-21-8-6-5-7-16(21)2/h9-12,16,21H,5-8,13-14H2,1-4H3,(H,26,30). The molecular formula is C24H31N5OS. The molecular weight excluding hydrogens is 406 g/mol. The molecule has 2 aromatic heterocycles. The second-order valence-corrected chi connectivity index (χ2v) is 9.70. The Labute approximate surface area is 188 Å². The van der Waals surface area contributed by atoms with Crippen LogP contribution >= 0.6 is 11.8 Å². The lowest BCUT2D eigenvalue weighted by Crippen LogP contribution is -2.41. The zero-order valence-corrected chi connectivity index (χ0v) is 19.6. The summed E-state index contributed by atoms with van der Waals surface area (Å²) in [6.45, 7) is 8.41. The Bertz CT molecular complexity index is 1080. The number of benzene rings is 1. The molecule has 6 nitrogen and oxygen atoms in total. The first-order valence-corrected chi connectivity index (χ1v) is 12.1. The predicted octanol–water partition coefficient (Wildman–Crippen LogP) is 4.43. The van der Waals surface area contributed by atoms with Crippen molar-refractivity contribution in [1.82, 2.24) is 24.9 Å². The molecule has 1 saturated carbocycles. The van der Waals surface area contributed by atoms with E-state index < -0.39 is 0 Å². The quantitative estimate of drug-likeness (QED) is 0.578. The Morgan fingerprint density at radius 3 is 2.61 bits per heavy atom. The second kappa shape index (κ2) is 9.39. The SMILES string of the molecule is Cc1ccc(Cc2c(C)nc3nc(SCC(=O)NC4CCCCC4C)nn3c2C)cc1. The van der Waals surface area contributed by atoms with Crippen molar-refractivity contribution in [2.75, 3.05) is 5.75 Å². The highest BCUT2D eigenvalue weighted by Gasteiger charge is 2.23. The summed E-state index contributed by atoms with van der Waals surface area (Å²) in [5.41, 5.74) is 5.69. The van der Waals surface area contributed by atoms with Gasteiger partial charge in [0.25, 0.3) is 5.78 Å². The molecule has 7 heteroatoms. The van der Waals surface area contributed by atoms with Gasteiger partial charge in [0.1, 0.15) is 0 Å². The van der Waals surface area contributed by atoms with Crippen LogP contribution in [0.15, 0.2) is 29.4 Å². The molecule has 2 atom stereocenters. The molecule has 31 heavy (non-hydrogen) atoms. The van der Waals surface area contributed by atoms with Gasteiger partial charge < -0.3 is 5.32 Å². The van der Waals surface area contributed by atoms with E-state index in [1.807, 2.05) is 6.92 Å². The van der Waals surface area contributed by atoms with E-state index in [4.69, 9.17) is 0 Å². The number of carbonyl (C=O) groups excluding carboxylic acids is 1. The van der Waals surface area contributed by atoms with Gasteiger partial charge in [-0.2, -0.15) is 4.98 Å². The third-order valence-electron chi connectivity index (χ3n) is 6.32. The Kier molecular flexibility index (Phi) is 6.60. The molecule has 1 aromatic carbocycles. The minimum atomic E-state index is 0.0588. The number of aromatic nitrogens is 4. The maximum atomic E-state index is 12.4. The average molecular weight is 438 g/mol. The summed E-state index contributed by atoms with van der Waals surface area (Å²) in [5, 5.41) is 8.42. The fourth-order valence-corrected chi connectivity index (χ4v) is 4.96. The summed E-state index contributed by atoms with van der Waals surface area (Å²) < 4.78 is 1.81. The van der Waals surface area contributed by atoms with E-state index in [1.54, 1.807) is 4.52 Å². The van der Waals surface area contributed by atoms with Gasteiger partial charge in [0, 0.05) is 23.9 Å². The molecule has 3 aromatic rings. The topological polar surface area (TPSA) is 72.2 Å². The first kappa shape index (κ1) is 21.8. The molecule has 1 aliphatic rings. The van der Waals surface area contributed by atoms with Crippen molar-refractivity contribution in [2.45, 2.75) is 71.0 Å². The zero-order valence-electron chi connectivity index (χ0n) is 18.8. The number of carbonyl (C=O) groups is 1. The minimum absolute atomic E-state index is 0.0588. The van der Waals surface area contributed by atoms with Crippen LogP contribution < -0.4 is 5.32 Å². The highest BCUT2D eigenvalue weighted by molar-refractivity contribution is 7.99. The Hall–Kier alpha value is -2.41. The van der Waals surface area contributed by atoms with Gasteiger partial charge in [-0.3, -0.25) is 4.79 Å². The van der Waals surface area contributed by atoms with Crippen LogP contribution in [0.2, 0.25) is 0 Å². The Morgan fingerprint density at radius 1 is 1.13 bits per heavy atom. The second-order valence-electron chi connectivity index (χ2n) is 8.75. The lowest BCUT2D eigenvalue weighted by Gasteiger charge is -2.29. The Morgan fingerprint density at radius 2 is 1.87 bits per heavy atom. The normalized spacial score (nSPS) is 19.0. The van der Waals surface area contributed by atoms with Crippen LogP contribution in [0, 0.1) is 26.7 Å². The molecule has 0 aliphatic heterocycles. The molecule has 2 heterocycles. The van der Waals surface area contributed by atoms with Crippen molar-refractivity contribution in [3.63, 3.8) is 0 Å². The third-order valence-corrected chi connectivity index (χ3v) is 7.16. The van der Waals surface area contributed by atoms with Crippen molar-refractivity contribution in [2.24, 2.45) is 5.92 Å². The summed E-state index contributed by atoms with van der Waals surface area (Å²) in [5.74, 6) is 1.53. The van der Waals surface area contributed by atoms with Crippen molar-refractivity contribution < 1.29 is 4.79 Å². The first-order valence-electron chi connectivity index (χ1n) is 11.1. The van der Waals surface area contributed by atoms with Crippen LogP contribution in [-0.4, -0.2) is 37.3 Å². The van der Waals surface area contributed by atoms with Gasteiger partial charge in [-0.25, -0.2) is 9.50 Å². The lowest BCUT2D eigenvalue weighted by molar-refractivity contribution is -0.119. The fraction of sp³-hybridized carbons (Fsp3) is 0.500. The summed E-state index contributed by atoms with van der Waals surface area (Å²) in [4.78, 5) is 21.7. The maximum absolute atomic E-state index is 12.4. The van der Waals surface area contributed by atoms with Gasteiger partial charge in [0.05, 0.1) is 5.75 Å². The molecule has 0 bridgehead atoms. The van der Waals surface area contributed by atoms with Crippen LogP contribution in [0.4, 0.5) is 0 Å². The van der Waals surface area contributed by atoms with Gasteiger partial charge in [-0.1, -0.05) is 61.4 Å². The number of amides is 1. The summed E-state index contributed by atoms with van der Waals surface area (Å²) >= 11 is 1.37. The lowest BCUT2D eigenvalue weighted by atomic mass is 9.86. The number of nitrogens with zero attached hydrogens (tertiary/aromatic N) is 4. The molecule has 0 radical (unpaired) electrons. The summed E-state index contributed by atoms with van der Waals surface area (Å²) in [7, 11) is 0. The maximum Gasteiger partial charge on any atom is 0.253 e. The average Bonchev–Trinajstić information content (AvgIpc) is 3.16. The highest BCUT2D eigenvalue weighted by atomic mass is 32.2. The van der Waals surface area contributed by atoms with E-state index in [1.165, 1.54) is 47.7 Å². The first-order chi connectivity index (χ1) is 14.9. The van der Waals surface area contributed by atoms with E-state index in [-0.39, 0.29) is 5.91 Å². The minimum Gasteiger partial charge on any atom is -0.352 e. The van der Waals surface area contributed by atoms with Crippen LogP contribution in [-0.2, 0) is 11.2 Å². The third kappa shape index (κ3) is 5.09. The smallest absolute Gasteiger partial charge is 0.253 e. The summed E-state index contributed by atoms with van der Waals surface area (Å²) in [6, 6.07) is 8.89. The number of nitrogens with one attached hydrogen (secondary N) is 1. The number of fused-ring (bicyclic) bond motifs is 1. The van der Waals surface area contributed by atoms with Gasteiger partial charge in [0.15, 0.2) is 0 Å². The zero-order chi connectivity index (χ0) is 22.0. The van der Waals surface area contributed by atoms with Crippen LogP contribution in [0.1, 0.15) is 60.7 Å². The Balaban J connectivity index is 1.45. The van der Waals surface area contributed by atoms with E-state index in [0.717, 1.165) is 24.2 Å². The van der Waals surface area contributed by atoms with E-state index in [0.29, 0.717) is 28.6 Å². The van der Waals surface area contributed by atoms with Gasteiger partial charge in [0.2, 0.25) is 11.1 Å². The molecule has 1 amide bonds. The van der Waals surface area contributed by atoms with Crippen LogP contribution in [0.25, 0.3) is 5.78 Å². The molecule has 0 spiro atoms. The van der Waals surface area contributed by atoms with Crippen LogP contribution in [0.5, 0.6) is 0 Å². The number of aryl methyl sites for hydroxylation is 3. The number of rotatable bonds is 6. The number of hydrogen-bond acceptors (Lipinski definition) is 5. The van der Waals surface area contributed by atoms with Gasteiger partial charge in [-0.15, -0.1) is 5.10 Å². The number of hydrogen-bond donors (Lipinski definition) is 1. The van der Waals surface area contributed by atoms with Crippen molar-refractivity contribution in [3.05, 3.63) is 52.3 Å². The van der Waals surface area contributed by atoms with Crippen LogP contribution in [0.3, 0.4) is 0 Å².